The molecule has 0 aromatic rings. The molecule has 0 unspecified atom stereocenters. The van der Waals surface area contributed by atoms with Crippen LogP contribution in [-0.4, -0.2) is 5.78 Å². The summed E-state index contributed by atoms with van der Waals surface area (Å²) in [6.07, 6.45) is 7.02. The lowest BCUT2D eigenvalue weighted by molar-refractivity contribution is -0.117. The summed E-state index contributed by atoms with van der Waals surface area (Å²) in [5, 5.41) is 0. The summed E-state index contributed by atoms with van der Waals surface area (Å²) in [6, 6.07) is 0. The molecule has 0 bridgehead atoms. The first-order valence-electron chi connectivity index (χ1n) is 5.28. The van der Waals surface area contributed by atoms with E-state index in [1.165, 1.54) is 5.57 Å². The van der Waals surface area contributed by atoms with Crippen LogP contribution in [0.2, 0.25) is 0 Å². The zero-order chi connectivity index (χ0) is 10.8. The smallest absolute Gasteiger partial charge is 0.129 e. The lowest BCUT2D eigenvalue weighted by Crippen LogP contribution is -2.27. The molecule has 78 valence electrons. The van der Waals surface area contributed by atoms with E-state index in [4.69, 9.17) is 0 Å². The zero-order valence-corrected chi connectivity index (χ0v) is 9.47. The molecule has 0 aromatic carbocycles. The Bertz CT molecular complexity index is 271. The number of hydrogen-bond acceptors (Lipinski definition) is 1. The van der Waals surface area contributed by atoms with Gasteiger partial charge < -0.3 is 4.79 Å². The Kier molecular flexibility index (Phi) is 3.30. The second-order valence-electron chi connectivity index (χ2n) is 4.96. The molecule has 0 amide bonds. The van der Waals surface area contributed by atoms with Crippen LogP contribution in [0.25, 0.3) is 0 Å². The van der Waals surface area contributed by atoms with Crippen LogP contribution in [0.3, 0.4) is 0 Å². The molecule has 1 aliphatic carbocycles. The van der Waals surface area contributed by atoms with E-state index < -0.39 is 0 Å². The standard InChI is InChI=1S/C13H20O/c1-10-6-5-9-13(3,4)12(10)8-7-11(2)14/h5-6,12H,1,7-9H2,2-4H3/t12-/m0/s1. The van der Waals surface area contributed by atoms with Crippen LogP contribution < -0.4 is 0 Å². The van der Waals surface area contributed by atoms with Crippen molar-refractivity contribution in [2.75, 3.05) is 0 Å². The van der Waals surface area contributed by atoms with Crippen LogP contribution >= 0.6 is 0 Å². The number of allylic oxidation sites excluding steroid dienone is 3. The van der Waals surface area contributed by atoms with Crippen molar-refractivity contribution in [1.29, 1.82) is 0 Å². The average molecular weight is 192 g/mol. The van der Waals surface area contributed by atoms with Crippen LogP contribution in [0.4, 0.5) is 0 Å². The Morgan fingerprint density at radius 3 is 2.79 bits per heavy atom. The Morgan fingerprint density at radius 1 is 1.64 bits per heavy atom. The van der Waals surface area contributed by atoms with Crippen molar-refractivity contribution < 1.29 is 4.79 Å². The lowest BCUT2D eigenvalue weighted by atomic mass is 9.68. The fraction of sp³-hybridized carbons (Fsp3) is 0.615. The molecule has 1 atom stereocenters. The second-order valence-corrected chi connectivity index (χ2v) is 4.96. The minimum atomic E-state index is 0.265. The number of carbonyl (C=O) groups is 1. The zero-order valence-electron chi connectivity index (χ0n) is 9.47. The van der Waals surface area contributed by atoms with E-state index in [9.17, 15) is 4.79 Å². The van der Waals surface area contributed by atoms with Gasteiger partial charge >= 0.3 is 0 Å². The number of carbonyl (C=O) groups excluding carboxylic acids is 1. The summed E-state index contributed by atoms with van der Waals surface area (Å²) in [6.45, 7) is 10.2. The molecule has 0 N–H and O–H groups in total. The maximum atomic E-state index is 11.0. The van der Waals surface area contributed by atoms with E-state index in [2.05, 4.69) is 32.6 Å². The van der Waals surface area contributed by atoms with Gasteiger partial charge in [0.25, 0.3) is 0 Å². The Labute approximate surface area is 86.9 Å². The molecule has 1 nitrogen and oxygen atoms in total. The molecule has 0 fully saturated rings. The molecule has 1 aliphatic rings. The number of Topliss-reactive ketones (excluding diaryl/α,β-unsaturated/α-hetero) is 1. The van der Waals surface area contributed by atoms with Crippen molar-refractivity contribution in [3.05, 3.63) is 24.3 Å². The highest BCUT2D eigenvalue weighted by atomic mass is 16.1. The molecule has 1 heteroatoms. The summed E-state index contributed by atoms with van der Waals surface area (Å²) < 4.78 is 0. The summed E-state index contributed by atoms with van der Waals surface area (Å²) >= 11 is 0. The van der Waals surface area contributed by atoms with Gasteiger partial charge in [-0.3, -0.25) is 0 Å². The van der Waals surface area contributed by atoms with E-state index in [0.717, 1.165) is 12.8 Å². The van der Waals surface area contributed by atoms with Gasteiger partial charge in [-0.1, -0.05) is 38.2 Å². The summed E-state index contributed by atoms with van der Waals surface area (Å²) in [7, 11) is 0. The van der Waals surface area contributed by atoms with E-state index in [-0.39, 0.29) is 11.2 Å². The largest absolute Gasteiger partial charge is 0.300 e. The highest BCUT2D eigenvalue weighted by Gasteiger charge is 2.31. The molecule has 0 aliphatic heterocycles. The number of ketones is 1. The molecule has 0 heterocycles. The molecule has 0 aromatic heterocycles. The summed E-state index contributed by atoms with van der Waals surface area (Å²) in [4.78, 5) is 11.0. The SMILES string of the molecule is C=C1C=CCC(C)(C)[C@H]1CCC(C)=O. The molecule has 0 spiro atoms. The van der Waals surface area contributed by atoms with Gasteiger partial charge in [-0.25, -0.2) is 0 Å². The first kappa shape index (κ1) is 11.2. The number of rotatable bonds is 3. The van der Waals surface area contributed by atoms with Gasteiger partial charge in [-0.05, 0) is 31.1 Å². The highest BCUT2D eigenvalue weighted by molar-refractivity contribution is 5.75. The monoisotopic (exact) mass is 192 g/mol. The van der Waals surface area contributed by atoms with E-state index in [1.807, 2.05) is 0 Å². The predicted octanol–water partition coefficient (Wildman–Crippen LogP) is 3.51. The van der Waals surface area contributed by atoms with E-state index in [0.29, 0.717) is 12.3 Å². The maximum Gasteiger partial charge on any atom is 0.129 e. The van der Waals surface area contributed by atoms with Crippen molar-refractivity contribution in [2.45, 2.75) is 40.0 Å². The summed E-state index contributed by atoms with van der Waals surface area (Å²) in [5.41, 5.74) is 1.45. The molecule has 0 saturated carbocycles. The molecular formula is C13H20O. The first-order valence-corrected chi connectivity index (χ1v) is 5.28. The Hall–Kier alpha value is -0.850. The van der Waals surface area contributed by atoms with E-state index >= 15 is 0 Å². The van der Waals surface area contributed by atoms with Gasteiger partial charge in [0.15, 0.2) is 0 Å². The topological polar surface area (TPSA) is 17.1 Å². The van der Waals surface area contributed by atoms with Gasteiger partial charge in [0.05, 0.1) is 0 Å². The third-order valence-corrected chi connectivity index (χ3v) is 3.15. The fourth-order valence-corrected chi connectivity index (χ4v) is 2.20. The minimum Gasteiger partial charge on any atom is -0.300 e. The molecular weight excluding hydrogens is 172 g/mol. The minimum absolute atomic E-state index is 0.265. The fourth-order valence-electron chi connectivity index (χ4n) is 2.20. The summed E-state index contributed by atoms with van der Waals surface area (Å²) in [5.74, 6) is 0.750. The van der Waals surface area contributed by atoms with Crippen LogP contribution in [0.15, 0.2) is 24.3 Å². The third kappa shape index (κ3) is 2.57. The second kappa shape index (κ2) is 4.12. The molecule has 0 radical (unpaired) electrons. The maximum absolute atomic E-state index is 11.0. The van der Waals surface area contributed by atoms with Crippen molar-refractivity contribution in [1.82, 2.24) is 0 Å². The van der Waals surface area contributed by atoms with Gasteiger partial charge in [0, 0.05) is 6.42 Å². The highest BCUT2D eigenvalue weighted by Crippen LogP contribution is 2.42. The van der Waals surface area contributed by atoms with Crippen molar-refractivity contribution in [3.63, 3.8) is 0 Å². The molecule has 0 saturated heterocycles. The predicted molar refractivity (Wildman–Crippen MR) is 60.1 cm³/mol. The first-order chi connectivity index (χ1) is 6.43. The Balaban J connectivity index is 2.68. The van der Waals surface area contributed by atoms with Gasteiger partial charge in [-0.2, -0.15) is 0 Å². The van der Waals surface area contributed by atoms with Crippen molar-refractivity contribution in [3.8, 4) is 0 Å². The van der Waals surface area contributed by atoms with E-state index in [1.54, 1.807) is 6.92 Å². The van der Waals surface area contributed by atoms with Gasteiger partial charge in [0.2, 0.25) is 0 Å². The molecule has 1 rings (SSSR count). The molecule has 14 heavy (non-hydrogen) atoms. The Morgan fingerprint density at radius 2 is 2.29 bits per heavy atom. The van der Waals surface area contributed by atoms with Crippen molar-refractivity contribution >= 4 is 5.78 Å². The lowest BCUT2D eigenvalue weighted by Gasteiger charge is -2.37. The van der Waals surface area contributed by atoms with Gasteiger partial charge in [-0.15, -0.1) is 0 Å². The van der Waals surface area contributed by atoms with Crippen LogP contribution in [-0.2, 0) is 4.79 Å². The quantitative estimate of drug-likeness (QED) is 0.668. The third-order valence-electron chi connectivity index (χ3n) is 3.15. The van der Waals surface area contributed by atoms with Crippen LogP contribution in [0.5, 0.6) is 0 Å². The normalized spacial score (nSPS) is 25.1. The van der Waals surface area contributed by atoms with Crippen LogP contribution in [0.1, 0.15) is 40.0 Å². The van der Waals surface area contributed by atoms with Gasteiger partial charge in [0.1, 0.15) is 5.78 Å². The van der Waals surface area contributed by atoms with Crippen molar-refractivity contribution in [2.24, 2.45) is 11.3 Å². The average Bonchev–Trinajstić information content (AvgIpc) is 2.01. The number of hydrogen-bond donors (Lipinski definition) is 0. The van der Waals surface area contributed by atoms with Crippen LogP contribution in [0, 0.1) is 11.3 Å².